The first-order chi connectivity index (χ1) is 8.74. The number of aryl methyl sites for hydroxylation is 1. The van der Waals surface area contributed by atoms with Crippen molar-refractivity contribution in [2.24, 2.45) is 0 Å². The molecule has 1 N–H and O–H groups in total. The molecule has 18 heavy (non-hydrogen) atoms. The van der Waals surface area contributed by atoms with E-state index in [2.05, 4.69) is 43.8 Å². The third-order valence-corrected chi connectivity index (χ3v) is 3.33. The summed E-state index contributed by atoms with van der Waals surface area (Å²) in [4.78, 5) is 4.30. The van der Waals surface area contributed by atoms with E-state index in [4.69, 9.17) is 5.26 Å². The molecule has 1 aromatic carbocycles. The van der Waals surface area contributed by atoms with E-state index in [0.717, 1.165) is 22.5 Å². The summed E-state index contributed by atoms with van der Waals surface area (Å²) in [5.41, 5.74) is 1.60. The van der Waals surface area contributed by atoms with Gasteiger partial charge in [-0.1, -0.05) is 0 Å². The quantitative estimate of drug-likeness (QED) is 0.944. The van der Waals surface area contributed by atoms with Gasteiger partial charge in [0, 0.05) is 29.1 Å². The summed E-state index contributed by atoms with van der Waals surface area (Å²) in [7, 11) is 0. The number of nitrogens with zero attached hydrogens (tertiary/aromatic N) is 3. The number of imidazole rings is 1. The maximum Gasteiger partial charge on any atom is 0.128 e. The van der Waals surface area contributed by atoms with Crippen molar-refractivity contribution < 1.29 is 0 Å². The molecule has 0 saturated heterocycles. The molecule has 5 heteroatoms. The van der Waals surface area contributed by atoms with Crippen LogP contribution in [0.25, 0.3) is 0 Å². The molecule has 0 fully saturated rings. The lowest BCUT2D eigenvalue weighted by Crippen LogP contribution is -2.07. The Labute approximate surface area is 114 Å². The van der Waals surface area contributed by atoms with Crippen LogP contribution in [-0.2, 0) is 13.1 Å². The Kier molecular flexibility index (Phi) is 4.00. The minimum atomic E-state index is 0.641. The molecule has 0 atom stereocenters. The summed E-state index contributed by atoms with van der Waals surface area (Å²) < 4.78 is 2.97. The number of aromatic nitrogens is 2. The molecule has 0 spiro atoms. The van der Waals surface area contributed by atoms with Crippen LogP contribution in [0.5, 0.6) is 0 Å². The Morgan fingerprint density at radius 2 is 2.33 bits per heavy atom. The minimum absolute atomic E-state index is 0.641. The highest BCUT2D eigenvalue weighted by Gasteiger charge is 2.04. The molecule has 0 radical (unpaired) electrons. The lowest BCUT2D eigenvalue weighted by Gasteiger charge is -2.09. The number of halogens is 1. The van der Waals surface area contributed by atoms with E-state index >= 15 is 0 Å². The van der Waals surface area contributed by atoms with E-state index in [-0.39, 0.29) is 0 Å². The van der Waals surface area contributed by atoms with E-state index in [1.54, 1.807) is 18.3 Å². The average molecular weight is 305 g/mol. The van der Waals surface area contributed by atoms with Gasteiger partial charge < -0.3 is 9.88 Å². The number of anilines is 1. The Balaban J connectivity index is 2.09. The molecule has 0 unspecified atom stereocenters. The molecular weight excluding hydrogens is 292 g/mol. The van der Waals surface area contributed by atoms with Crippen LogP contribution in [0.1, 0.15) is 18.3 Å². The summed E-state index contributed by atoms with van der Waals surface area (Å²) in [6.45, 7) is 3.65. The molecular formula is C13H13BrN4. The van der Waals surface area contributed by atoms with Gasteiger partial charge in [-0.15, -0.1) is 0 Å². The molecule has 0 saturated carbocycles. The molecule has 1 aromatic heterocycles. The van der Waals surface area contributed by atoms with Crippen LogP contribution >= 0.6 is 15.9 Å². The van der Waals surface area contributed by atoms with Gasteiger partial charge in [-0.2, -0.15) is 5.26 Å². The molecule has 0 bridgehead atoms. The summed E-state index contributed by atoms with van der Waals surface area (Å²) in [6, 6.07) is 7.59. The lowest BCUT2D eigenvalue weighted by molar-refractivity contribution is 0.708. The van der Waals surface area contributed by atoms with Crippen LogP contribution in [0.15, 0.2) is 35.1 Å². The van der Waals surface area contributed by atoms with E-state index in [0.29, 0.717) is 12.1 Å². The Morgan fingerprint density at radius 1 is 1.50 bits per heavy atom. The second-order valence-corrected chi connectivity index (χ2v) is 4.64. The molecule has 0 aliphatic rings. The number of hydrogen-bond donors (Lipinski definition) is 1. The fourth-order valence-corrected chi connectivity index (χ4v) is 2.22. The average Bonchev–Trinajstić information content (AvgIpc) is 2.84. The zero-order valence-corrected chi connectivity index (χ0v) is 11.6. The van der Waals surface area contributed by atoms with E-state index in [9.17, 15) is 0 Å². The van der Waals surface area contributed by atoms with E-state index < -0.39 is 0 Å². The van der Waals surface area contributed by atoms with Gasteiger partial charge in [0.25, 0.3) is 0 Å². The largest absolute Gasteiger partial charge is 0.377 e. The van der Waals surface area contributed by atoms with Crippen molar-refractivity contribution in [3.05, 3.63) is 46.5 Å². The third kappa shape index (κ3) is 2.71. The second kappa shape index (κ2) is 5.69. The molecule has 0 amide bonds. The van der Waals surface area contributed by atoms with E-state index in [1.165, 1.54) is 0 Å². The van der Waals surface area contributed by atoms with E-state index in [1.807, 2.05) is 12.3 Å². The number of benzene rings is 1. The SMILES string of the molecule is CCn1ccnc1CNc1ccc(C#N)cc1Br. The Hall–Kier alpha value is -1.80. The first kappa shape index (κ1) is 12.7. The topological polar surface area (TPSA) is 53.6 Å². The standard InChI is InChI=1S/C13H13BrN4/c1-2-18-6-5-16-13(18)9-17-12-4-3-10(8-15)7-11(12)14/h3-7,17H,2,9H2,1H3. The molecule has 0 aliphatic carbocycles. The molecule has 0 aliphatic heterocycles. The number of hydrogen-bond acceptors (Lipinski definition) is 3. The zero-order valence-electron chi connectivity index (χ0n) is 10.0. The third-order valence-electron chi connectivity index (χ3n) is 2.68. The van der Waals surface area contributed by atoms with Crippen molar-refractivity contribution >= 4 is 21.6 Å². The Morgan fingerprint density at radius 3 is 3.00 bits per heavy atom. The number of rotatable bonds is 4. The monoisotopic (exact) mass is 304 g/mol. The Bertz CT molecular complexity index is 583. The van der Waals surface area contributed by atoms with Crippen LogP contribution < -0.4 is 5.32 Å². The zero-order chi connectivity index (χ0) is 13.0. The van der Waals surface area contributed by atoms with Crippen LogP contribution in [-0.4, -0.2) is 9.55 Å². The lowest BCUT2D eigenvalue weighted by atomic mass is 10.2. The van der Waals surface area contributed by atoms with Crippen molar-refractivity contribution in [1.82, 2.24) is 9.55 Å². The summed E-state index contributed by atoms with van der Waals surface area (Å²) in [6.07, 6.45) is 3.76. The molecule has 4 nitrogen and oxygen atoms in total. The van der Waals surface area contributed by atoms with Crippen LogP contribution in [0.3, 0.4) is 0 Å². The first-order valence-corrected chi connectivity index (χ1v) is 6.47. The normalized spacial score (nSPS) is 10.1. The van der Waals surface area contributed by atoms with Gasteiger partial charge >= 0.3 is 0 Å². The van der Waals surface area contributed by atoms with Crippen LogP contribution in [0.4, 0.5) is 5.69 Å². The predicted molar refractivity (Wildman–Crippen MR) is 74.1 cm³/mol. The minimum Gasteiger partial charge on any atom is -0.377 e. The van der Waals surface area contributed by atoms with Gasteiger partial charge in [-0.05, 0) is 41.1 Å². The molecule has 2 aromatic rings. The van der Waals surface area contributed by atoms with Crippen LogP contribution in [0, 0.1) is 11.3 Å². The molecule has 92 valence electrons. The van der Waals surface area contributed by atoms with Gasteiger partial charge in [0.1, 0.15) is 5.82 Å². The maximum absolute atomic E-state index is 8.80. The fourth-order valence-electron chi connectivity index (χ4n) is 1.70. The van der Waals surface area contributed by atoms with Crippen molar-refractivity contribution in [1.29, 1.82) is 5.26 Å². The van der Waals surface area contributed by atoms with Crippen molar-refractivity contribution in [2.45, 2.75) is 20.0 Å². The number of nitriles is 1. The first-order valence-electron chi connectivity index (χ1n) is 5.68. The summed E-state index contributed by atoms with van der Waals surface area (Å²) >= 11 is 3.45. The second-order valence-electron chi connectivity index (χ2n) is 3.79. The van der Waals surface area contributed by atoms with Crippen molar-refractivity contribution in [3.8, 4) is 6.07 Å². The smallest absolute Gasteiger partial charge is 0.128 e. The molecule has 2 rings (SSSR count). The fraction of sp³-hybridized carbons (Fsp3) is 0.231. The van der Waals surface area contributed by atoms with Gasteiger partial charge in [-0.3, -0.25) is 0 Å². The highest BCUT2D eigenvalue weighted by Crippen LogP contribution is 2.23. The van der Waals surface area contributed by atoms with Gasteiger partial charge in [0.05, 0.1) is 18.2 Å². The highest BCUT2D eigenvalue weighted by atomic mass is 79.9. The molecule has 1 heterocycles. The van der Waals surface area contributed by atoms with Crippen molar-refractivity contribution in [3.63, 3.8) is 0 Å². The van der Waals surface area contributed by atoms with Gasteiger partial charge in [0.15, 0.2) is 0 Å². The highest BCUT2D eigenvalue weighted by molar-refractivity contribution is 9.10. The summed E-state index contributed by atoms with van der Waals surface area (Å²) in [5, 5.41) is 12.1. The predicted octanol–water partition coefficient (Wildman–Crippen LogP) is 3.15. The van der Waals surface area contributed by atoms with Gasteiger partial charge in [0.2, 0.25) is 0 Å². The summed E-state index contributed by atoms with van der Waals surface area (Å²) in [5.74, 6) is 0.994. The maximum atomic E-state index is 8.80. The van der Waals surface area contributed by atoms with Gasteiger partial charge in [-0.25, -0.2) is 4.98 Å². The van der Waals surface area contributed by atoms with Crippen LogP contribution in [0.2, 0.25) is 0 Å². The van der Waals surface area contributed by atoms with Crippen molar-refractivity contribution in [2.75, 3.05) is 5.32 Å². The number of nitrogens with one attached hydrogen (secondary N) is 1.